The fourth-order valence-corrected chi connectivity index (χ4v) is 4.21. The standard InChI is InChI=1S/C25H26ClN7O/c1-14-5-7-20-19(24(14)30-16(3)15(2)22-12-23(27)32-33(22)4)9-10-28-25(20)31-18-6-8-21(26)17(11-18)13-29-34/h5-11,22,30H,2-3,12-13H2,1,4H3,(H2,27,32)(H,28,31). The van der Waals surface area contributed by atoms with Gasteiger partial charge in [0.2, 0.25) is 0 Å². The molecule has 4 rings (SSSR count). The Morgan fingerprint density at radius 3 is 2.76 bits per heavy atom. The van der Waals surface area contributed by atoms with Crippen molar-refractivity contribution in [3.05, 3.63) is 88.1 Å². The number of halogens is 1. The third kappa shape index (κ3) is 4.58. The molecular weight excluding hydrogens is 450 g/mol. The summed E-state index contributed by atoms with van der Waals surface area (Å²) in [7, 11) is 1.88. The van der Waals surface area contributed by atoms with Crippen LogP contribution in [-0.2, 0) is 6.54 Å². The van der Waals surface area contributed by atoms with Gasteiger partial charge in [0.15, 0.2) is 0 Å². The van der Waals surface area contributed by atoms with E-state index in [9.17, 15) is 4.91 Å². The molecule has 1 aliphatic heterocycles. The second-order valence-electron chi connectivity index (χ2n) is 8.24. The number of nitrogens with zero attached hydrogens (tertiary/aromatic N) is 4. The number of hydrazone groups is 1. The molecule has 3 aromatic rings. The molecule has 0 spiro atoms. The highest BCUT2D eigenvalue weighted by Gasteiger charge is 2.26. The maximum Gasteiger partial charge on any atom is 0.138 e. The van der Waals surface area contributed by atoms with Crippen molar-refractivity contribution in [3.63, 3.8) is 0 Å². The summed E-state index contributed by atoms with van der Waals surface area (Å²) in [5, 5.41) is 18.2. The zero-order valence-electron chi connectivity index (χ0n) is 19.1. The highest BCUT2D eigenvalue weighted by Crippen LogP contribution is 2.34. The minimum Gasteiger partial charge on any atom is -0.386 e. The van der Waals surface area contributed by atoms with E-state index in [2.05, 4.69) is 39.1 Å². The van der Waals surface area contributed by atoms with Crippen LogP contribution in [0.15, 0.2) is 77.3 Å². The molecule has 2 heterocycles. The fraction of sp³-hybridized carbons (Fsp3) is 0.200. The topological polar surface area (TPSA) is 108 Å². The van der Waals surface area contributed by atoms with Gasteiger partial charge in [0.25, 0.3) is 0 Å². The molecule has 1 aliphatic rings. The van der Waals surface area contributed by atoms with Crippen molar-refractivity contribution in [1.82, 2.24) is 9.99 Å². The highest BCUT2D eigenvalue weighted by molar-refractivity contribution is 6.31. The lowest BCUT2D eigenvalue weighted by Crippen LogP contribution is -2.27. The molecular formula is C25H26ClN7O. The molecule has 9 heteroatoms. The maximum absolute atomic E-state index is 10.7. The zero-order valence-corrected chi connectivity index (χ0v) is 19.9. The van der Waals surface area contributed by atoms with Gasteiger partial charge in [0.05, 0.1) is 6.04 Å². The van der Waals surface area contributed by atoms with Gasteiger partial charge in [-0.05, 0) is 47.9 Å². The molecule has 0 bridgehead atoms. The summed E-state index contributed by atoms with van der Waals surface area (Å²) >= 11 is 6.17. The molecule has 0 saturated heterocycles. The lowest BCUT2D eigenvalue weighted by molar-refractivity contribution is 0.320. The predicted molar refractivity (Wildman–Crippen MR) is 140 cm³/mol. The van der Waals surface area contributed by atoms with Crippen molar-refractivity contribution in [3.8, 4) is 0 Å². The number of pyridine rings is 1. The smallest absolute Gasteiger partial charge is 0.138 e. The summed E-state index contributed by atoms with van der Waals surface area (Å²) in [4.78, 5) is 15.3. The molecule has 1 aromatic heterocycles. The van der Waals surface area contributed by atoms with Crippen LogP contribution in [0.2, 0.25) is 5.02 Å². The molecule has 4 N–H and O–H groups in total. The molecule has 0 fully saturated rings. The minimum absolute atomic E-state index is 0.00343. The highest BCUT2D eigenvalue weighted by atomic mass is 35.5. The van der Waals surface area contributed by atoms with Crippen molar-refractivity contribution in [2.24, 2.45) is 16.0 Å². The summed E-state index contributed by atoms with van der Waals surface area (Å²) in [5.41, 5.74) is 10.8. The molecule has 34 heavy (non-hydrogen) atoms. The number of rotatable bonds is 8. The van der Waals surface area contributed by atoms with Crippen LogP contribution in [0.4, 0.5) is 17.2 Å². The van der Waals surface area contributed by atoms with E-state index in [0.717, 1.165) is 33.3 Å². The monoisotopic (exact) mass is 475 g/mol. The van der Waals surface area contributed by atoms with Gasteiger partial charge in [-0.15, -0.1) is 0 Å². The molecule has 2 aromatic carbocycles. The van der Waals surface area contributed by atoms with Crippen LogP contribution in [0, 0.1) is 11.8 Å². The van der Waals surface area contributed by atoms with E-state index >= 15 is 0 Å². The lowest BCUT2D eigenvalue weighted by atomic mass is 10.0. The molecule has 0 radical (unpaired) electrons. The van der Waals surface area contributed by atoms with E-state index in [1.54, 1.807) is 18.3 Å². The number of hydrogen-bond acceptors (Lipinski definition) is 8. The first-order valence-electron chi connectivity index (χ1n) is 10.7. The van der Waals surface area contributed by atoms with Gasteiger partial charge in [-0.3, -0.25) is 5.01 Å². The number of amidine groups is 1. The van der Waals surface area contributed by atoms with Crippen LogP contribution in [0.5, 0.6) is 0 Å². The van der Waals surface area contributed by atoms with Gasteiger partial charge < -0.3 is 16.4 Å². The van der Waals surface area contributed by atoms with Gasteiger partial charge >= 0.3 is 0 Å². The second kappa shape index (κ2) is 9.52. The van der Waals surface area contributed by atoms with Gasteiger partial charge in [0.1, 0.15) is 18.2 Å². The summed E-state index contributed by atoms with van der Waals surface area (Å²) < 4.78 is 0. The average molecular weight is 476 g/mol. The van der Waals surface area contributed by atoms with Gasteiger partial charge in [-0.1, -0.05) is 42.1 Å². The van der Waals surface area contributed by atoms with Gasteiger partial charge in [0, 0.05) is 52.5 Å². The average Bonchev–Trinajstić information content (AvgIpc) is 3.15. The Balaban J connectivity index is 1.64. The Morgan fingerprint density at radius 2 is 2.06 bits per heavy atom. The van der Waals surface area contributed by atoms with Crippen LogP contribution in [-0.4, -0.2) is 28.9 Å². The maximum atomic E-state index is 10.7. The summed E-state index contributed by atoms with van der Waals surface area (Å²) in [6, 6.07) is 11.3. The molecule has 1 unspecified atom stereocenters. The first-order chi connectivity index (χ1) is 16.3. The SMILES string of the molecule is C=C(Nc1c(C)ccc2c(Nc3ccc(Cl)c(CN=O)c3)nccc12)C(=C)C1CC(N)=NN1C. The van der Waals surface area contributed by atoms with E-state index in [-0.39, 0.29) is 12.6 Å². The fourth-order valence-electron chi connectivity index (χ4n) is 4.03. The number of hydrogen-bond donors (Lipinski definition) is 3. The van der Waals surface area contributed by atoms with Crippen molar-refractivity contribution < 1.29 is 0 Å². The summed E-state index contributed by atoms with van der Waals surface area (Å²) in [6.45, 7) is 10.5. The van der Waals surface area contributed by atoms with Crippen LogP contribution < -0.4 is 16.4 Å². The number of nitroso groups, excluding NO2 is 1. The summed E-state index contributed by atoms with van der Waals surface area (Å²) in [6.07, 6.45) is 2.36. The molecule has 0 amide bonds. The first kappa shape index (κ1) is 23.3. The Bertz CT molecular complexity index is 1330. The number of benzene rings is 2. The molecule has 0 aliphatic carbocycles. The number of fused-ring (bicyclic) bond motifs is 1. The number of nitrogens with one attached hydrogen (secondary N) is 2. The van der Waals surface area contributed by atoms with Crippen molar-refractivity contribution in [2.45, 2.75) is 25.9 Å². The predicted octanol–water partition coefficient (Wildman–Crippen LogP) is 5.66. The lowest BCUT2D eigenvalue weighted by Gasteiger charge is -2.24. The van der Waals surface area contributed by atoms with Gasteiger partial charge in [-0.25, -0.2) is 4.98 Å². The Hall–Kier alpha value is -3.91. The normalized spacial score (nSPS) is 15.2. The Labute approximate surface area is 203 Å². The Kier molecular flexibility index (Phi) is 6.51. The van der Waals surface area contributed by atoms with Crippen LogP contribution in [0.3, 0.4) is 0 Å². The van der Waals surface area contributed by atoms with Gasteiger partial charge in [-0.2, -0.15) is 10.0 Å². The largest absolute Gasteiger partial charge is 0.386 e. The Morgan fingerprint density at radius 1 is 1.26 bits per heavy atom. The third-order valence-electron chi connectivity index (χ3n) is 5.90. The van der Waals surface area contributed by atoms with Crippen molar-refractivity contribution in [2.75, 3.05) is 17.7 Å². The molecule has 8 nitrogen and oxygen atoms in total. The first-order valence-corrected chi connectivity index (χ1v) is 11.1. The number of aromatic nitrogens is 1. The van der Waals surface area contributed by atoms with Crippen molar-refractivity contribution >= 4 is 45.4 Å². The minimum atomic E-state index is -0.0332. The van der Waals surface area contributed by atoms with E-state index in [1.807, 2.05) is 43.2 Å². The van der Waals surface area contributed by atoms with E-state index in [4.69, 9.17) is 17.3 Å². The van der Waals surface area contributed by atoms with E-state index < -0.39 is 0 Å². The third-order valence-corrected chi connectivity index (χ3v) is 6.27. The number of nitrogens with two attached hydrogens (primary N) is 1. The van der Waals surface area contributed by atoms with Crippen molar-refractivity contribution in [1.29, 1.82) is 0 Å². The van der Waals surface area contributed by atoms with Crippen LogP contribution in [0.1, 0.15) is 17.5 Å². The number of likely N-dealkylation sites (N-methyl/N-ethyl adjacent to an activating group) is 1. The van der Waals surface area contributed by atoms with E-state index in [0.29, 0.717) is 34.4 Å². The summed E-state index contributed by atoms with van der Waals surface area (Å²) in [5.74, 6) is 1.26. The molecule has 174 valence electrons. The van der Waals surface area contributed by atoms with Crippen LogP contribution >= 0.6 is 11.6 Å². The zero-order chi connectivity index (χ0) is 24.4. The van der Waals surface area contributed by atoms with E-state index in [1.165, 1.54) is 0 Å². The van der Waals surface area contributed by atoms with Crippen LogP contribution in [0.25, 0.3) is 10.8 Å². The molecule has 1 atom stereocenters. The second-order valence-corrected chi connectivity index (χ2v) is 8.65. The molecule has 0 saturated carbocycles. The number of anilines is 3. The number of aryl methyl sites for hydroxylation is 1. The quantitative estimate of drug-likeness (QED) is 0.286.